The van der Waals surface area contributed by atoms with E-state index in [1.54, 1.807) is 0 Å². The molecule has 0 radical (unpaired) electrons. The number of benzene rings is 1. The van der Waals surface area contributed by atoms with Gasteiger partial charge in [0.05, 0.1) is 10.5 Å². The standard InChI is InChI=1S/C8H8BrF2N/c9-6-3-5(8(12)4-10)1-2-7(6)11/h1-3,8H,4,12H2/t8-/m0/s1. The van der Waals surface area contributed by atoms with Crippen molar-refractivity contribution < 1.29 is 8.78 Å². The minimum atomic E-state index is -0.665. The predicted molar refractivity (Wildman–Crippen MR) is 47.0 cm³/mol. The zero-order chi connectivity index (χ0) is 9.14. The first-order valence-corrected chi connectivity index (χ1v) is 4.21. The molecule has 1 atom stereocenters. The second-order valence-corrected chi connectivity index (χ2v) is 3.29. The zero-order valence-corrected chi connectivity index (χ0v) is 7.81. The van der Waals surface area contributed by atoms with Crippen molar-refractivity contribution in [3.05, 3.63) is 34.1 Å². The Morgan fingerprint density at radius 2 is 2.17 bits per heavy atom. The van der Waals surface area contributed by atoms with Gasteiger partial charge in [-0.2, -0.15) is 0 Å². The molecule has 0 aliphatic rings. The molecule has 0 aromatic heterocycles. The Labute approximate surface area is 77.7 Å². The lowest BCUT2D eigenvalue weighted by Crippen LogP contribution is -2.12. The first-order chi connectivity index (χ1) is 5.65. The van der Waals surface area contributed by atoms with E-state index in [4.69, 9.17) is 5.73 Å². The third-order valence-electron chi connectivity index (χ3n) is 1.54. The maximum Gasteiger partial charge on any atom is 0.137 e. The Morgan fingerprint density at radius 1 is 1.50 bits per heavy atom. The van der Waals surface area contributed by atoms with E-state index >= 15 is 0 Å². The summed E-state index contributed by atoms with van der Waals surface area (Å²) in [6, 6.07) is 3.56. The molecule has 1 rings (SSSR count). The quantitative estimate of drug-likeness (QED) is 0.838. The molecule has 12 heavy (non-hydrogen) atoms. The lowest BCUT2D eigenvalue weighted by Gasteiger charge is -2.07. The largest absolute Gasteiger partial charge is 0.322 e. The molecule has 0 aliphatic heterocycles. The molecule has 0 fully saturated rings. The molecule has 66 valence electrons. The molecule has 0 heterocycles. The van der Waals surface area contributed by atoms with Gasteiger partial charge in [-0.05, 0) is 33.6 Å². The van der Waals surface area contributed by atoms with Crippen molar-refractivity contribution in [1.82, 2.24) is 0 Å². The topological polar surface area (TPSA) is 26.0 Å². The van der Waals surface area contributed by atoms with E-state index in [-0.39, 0.29) is 5.82 Å². The van der Waals surface area contributed by atoms with E-state index < -0.39 is 12.7 Å². The van der Waals surface area contributed by atoms with Crippen molar-refractivity contribution in [3.63, 3.8) is 0 Å². The summed E-state index contributed by atoms with van der Waals surface area (Å²) in [5.41, 5.74) is 5.98. The van der Waals surface area contributed by atoms with Gasteiger partial charge in [0.25, 0.3) is 0 Å². The maximum absolute atomic E-state index is 12.7. The summed E-state index contributed by atoms with van der Waals surface area (Å²) in [6.45, 7) is -0.641. The van der Waals surface area contributed by atoms with E-state index in [1.165, 1.54) is 18.2 Å². The molecule has 1 aromatic carbocycles. The number of nitrogens with two attached hydrogens (primary N) is 1. The summed E-state index contributed by atoms with van der Waals surface area (Å²) in [5, 5.41) is 0. The fourth-order valence-electron chi connectivity index (χ4n) is 0.832. The van der Waals surface area contributed by atoms with Gasteiger partial charge < -0.3 is 5.73 Å². The van der Waals surface area contributed by atoms with Gasteiger partial charge in [0.2, 0.25) is 0 Å². The highest BCUT2D eigenvalue weighted by Gasteiger charge is 2.07. The van der Waals surface area contributed by atoms with Crippen LogP contribution in [0.3, 0.4) is 0 Å². The minimum absolute atomic E-state index is 0.309. The lowest BCUT2D eigenvalue weighted by molar-refractivity contribution is 0.436. The molecule has 0 saturated heterocycles. The SMILES string of the molecule is N[C@@H](CF)c1ccc(F)c(Br)c1. The molecular weight excluding hydrogens is 228 g/mol. The van der Waals surface area contributed by atoms with E-state index in [0.717, 1.165) is 0 Å². The van der Waals surface area contributed by atoms with Crippen LogP contribution in [0.15, 0.2) is 22.7 Å². The van der Waals surface area contributed by atoms with Crippen molar-refractivity contribution in [2.75, 3.05) is 6.67 Å². The van der Waals surface area contributed by atoms with Crippen LogP contribution in [0.25, 0.3) is 0 Å². The molecule has 0 spiro atoms. The highest BCUT2D eigenvalue weighted by molar-refractivity contribution is 9.10. The van der Waals surface area contributed by atoms with Crippen LogP contribution in [-0.4, -0.2) is 6.67 Å². The average molecular weight is 236 g/mol. The maximum atomic E-state index is 12.7. The van der Waals surface area contributed by atoms with Gasteiger partial charge >= 0.3 is 0 Å². The van der Waals surface area contributed by atoms with Crippen molar-refractivity contribution in [2.45, 2.75) is 6.04 Å². The molecular formula is C8H8BrF2N. The van der Waals surface area contributed by atoms with Crippen molar-refractivity contribution >= 4 is 15.9 Å². The van der Waals surface area contributed by atoms with E-state index in [2.05, 4.69) is 15.9 Å². The van der Waals surface area contributed by atoms with E-state index in [1.807, 2.05) is 0 Å². The predicted octanol–water partition coefficient (Wildman–Crippen LogP) is 2.56. The fourth-order valence-corrected chi connectivity index (χ4v) is 1.23. The number of hydrogen-bond acceptors (Lipinski definition) is 1. The van der Waals surface area contributed by atoms with Crippen LogP contribution in [0.2, 0.25) is 0 Å². The Balaban J connectivity index is 2.96. The van der Waals surface area contributed by atoms with Crippen LogP contribution < -0.4 is 5.73 Å². The summed E-state index contributed by atoms with van der Waals surface area (Å²) in [6.07, 6.45) is 0. The Morgan fingerprint density at radius 3 is 2.67 bits per heavy atom. The Hall–Kier alpha value is -0.480. The highest BCUT2D eigenvalue weighted by atomic mass is 79.9. The number of alkyl halides is 1. The van der Waals surface area contributed by atoms with Gasteiger partial charge in [0.15, 0.2) is 0 Å². The minimum Gasteiger partial charge on any atom is -0.322 e. The van der Waals surface area contributed by atoms with E-state index in [0.29, 0.717) is 10.0 Å². The van der Waals surface area contributed by atoms with Gasteiger partial charge in [-0.3, -0.25) is 0 Å². The van der Waals surface area contributed by atoms with Gasteiger partial charge in [-0.15, -0.1) is 0 Å². The number of hydrogen-bond donors (Lipinski definition) is 1. The lowest BCUT2D eigenvalue weighted by atomic mass is 10.1. The smallest absolute Gasteiger partial charge is 0.137 e. The van der Waals surface area contributed by atoms with Crippen LogP contribution in [0.5, 0.6) is 0 Å². The molecule has 0 bridgehead atoms. The molecule has 2 N–H and O–H groups in total. The first-order valence-electron chi connectivity index (χ1n) is 3.41. The van der Waals surface area contributed by atoms with Crippen molar-refractivity contribution in [2.24, 2.45) is 5.73 Å². The van der Waals surface area contributed by atoms with Crippen LogP contribution in [-0.2, 0) is 0 Å². The highest BCUT2D eigenvalue weighted by Crippen LogP contribution is 2.20. The summed E-state index contributed by atoms with van der Waals surface area (Å²) in [5.74, 6) is -0.371. The van der Waals surface area contributed by atoms with Crippen molar-refractivity contribution in [1.29, 1.82) is 0 Å². The second kappa shape index (κ2) is 3.96. The summed E-state index contributed by atoms with van der Waals surface area (Å²) < 4.78 is 25.1. The van der Waals surface area contributed by atoms with Gasteiger partial charge in [0, 0.05) is 0 Å². The fraction of sp³-hybridized carbons (Fsp3) is 0.250. The van der Waals surface area contributed by atoms with Gasteiger partial charge in [0.1, 0.15) is 12.5 Å². The third-order valence-corrected chi connectivity index (χ3v) is 2.15. The molecule has 0 amide bonds. The molecule has 0 unspecified atom stereocenters. The average Bonchev–Trinajstić information content (AvgIpc) is 2.08. The normalized spacial score (nSPS) is 13.0. The molecule has 1 aromatic rings. The van der Waals surface area contributed by atoms with Crippen LogP contribution >= 0.6 is 15.9 Å². The van der Waals surface area contributed by atoms with Crippen molar-refractivity contribution in [3.8, 4) is 0 Å². The monoisotopic (exact) mass is 235 g/mol. The molecule has 0 saturated carbocycles. The first kappa shape index (κ1) is 9.61. The van der Waals surface area contributed by atoms with Crippen LogP contribution in [0.4, 0.5) is 8.78 Å². The summed E-state index contributed by atoms with van der Waals surface area (Å²) in [7, 11) is 0. The summed E-state index contributed by atoms with van der Waals surface area (Å²) >= 11 is 2.99. The second-order valence-electron chi connectivity index (χ2n) is 2.43. The van der Waals surface area contributed by atoms with Crippen LogP contribution in [0, 0.1) is 5.82 Å². The van der Waals surface area contributed by atoms with E-state index in [9.17, 15) is 8.78 Å². The molecule has 0 aliphatic carbocycles. The summed E-state index contributed by atoms with van der Waals surface area (Å²) in [4.78, 5) is 0. The van der Waals surface area contributed by atoms with Crippen LogP contribution in [0.1, 0.15) is 11.6 Å². The molecule has 1 nitrogen and oxygen atoms in total. The number of halogens is 3. The third kappa shape index (κ3) is 2.01. The van der Waals surface area contributed by atoms with Gasteiger partial charge in [-0.1, -0.05) is 6.07 Å². The van der Waals surface area contributed by atoms with Gasteiger partial charge in [-0.25, -0.2) is 8.78 Å². The number of rotatable bonds is 2. The Kier molecular flexibility index (Phi) is 3.17. The zero-order valence-electron chi connectivity index (χ0n) is 6.23. The molecule has 4 heteroatoms. The Bertz CT molecular complexity index is 278.